The van der Waals surface area contributed by atoms with Gasteiger partial charge in [-0.05, 0) is 39.8 Å². The summed E-state index contributed by atoms with van der Waals surface area (Å²) in [6.07, 6.45) is 1.37. The lowest BCUT2D eigenvalue weighted by Crippen LogP contribution is -2.50. The van der Waals surface area contributed by atoms with Crippen molar-refractivity contribution in [3.63, 3.8) is 0 Å². The number of hydrogen-bond acceptors (Lipinski definition) is 4. The average molecular weight is 307 g/mol. The Bertz CT molecular complexity index is 416. The largest absolute Gasteiger partial charge is 0.481 e. The Labute approximate surface area is 121 Å². The molecule has 7 nitrogen and oxygen atoms in total. The summed E-state index contributed by atoms with van der Waals surface area (Å²) in [6.45, 7) is 6.00. The highest BCUT2D eigenvalue weighted by atomic mass is 32.2. The summed E-state index contributed by atoms with van der Waals surface area (Å²) >= 11 is 0. The molecule has 1 rings (SSSR count). The highest BCUT2D eigenvalue weighted by Crippen LogP contribution is 2.14. The fourth-order valence-corrected chi connectivity index (χ4v) is 3.38. The minimum absolute atomic E-state index is 0.0183. The number of nitrogens with zero attached hydrogens (tertiary/aromatic N) is 2. The third-order valence-electron chi connectivity index (χ3n) is 3.63. The van der Waals surface area contributed by atoms with Gasteiger partial charge in [-0.25, -0.2) is 0 Å². The molecule has 0 atom stereocenters. The Morgan fingerprint density at radius 2 is 1.95 bits per heavy atom. The van der Waals surface area contributed by atoms with E-state index in [1.165, 1.54) is 7.05 Å². The quantitative estimate of drug-likeness (QED) is 0.696. The summed E-state index contributed by atoms with van der Waals surface area (Å²) in [7, 11) is -2.19. The summed E-state index contributed by atoms with van der Waals surface area (Å²) in [5.74, 6) is -1.00. The monoisotopic (exact) mass is 307 g/mol. The molecule has 1 fully saturated rings. The second-order valence-corrected chi connectivity index (χ2v) is 7.30. The van der Waals surface area contributed by atoms with Crippen LogP contribution in [-0.4, -0.2) is 67.5 Å². The van der Waals surface area contributed by atoms with Crippen LogP contribution in [0.5, 0.6) is 0 Å². The first kappa shape index (κ1) is 17.4. The third-order valence-corrected chi connectivity index (χ3v) is 5.26. The molecule has 0 amide bonds. The molecule has 0 spiro atoms. The van der Waals surface area contributed by atoms with Crippen LogP contribution >= 0.6 is 0 Å². The molecule has 1 heterocycles. The number of carboxylic acids is 1. The molecule has 0 radical (unpaired) electrons. The number of nitrogens with one attached hydrogen (secondary N) is 1. The van der Waals surface area contributed by atoms with Gasteiger partial charge in [0, 0.05) is 25.7 Å². The number of aliphatic carboxylic acids is 1. The highest BCUT2D eigenvalue weighted by Gasteiger charge is 2.26. The molecular formula is C12H25N3O4S. The topological polar surface area (TPSA) is 90.0 Å². The van der Waals surface area contributed by atoms with Crippen molar-refractivity contribution in [2.45, 2.75) is 45.2 Å². The number of hydrogen-bond donors (Lipinski definition) is 2. The van der Waals surface area contributed by atoms with Gasteiger partial charge in [0.05, 0.1) is 6.42 Å². The second-order valence-electron chi connectivity index (χ2n) is 5.49. The van der Waals surface area contributed by atoms with Gasteiger partial charge in [-0.15, -0.1) is 0 Å². The van der Waals surface area contributed by atoms with E-state index in [1.54, 1.807) is 0 Å². The molecule has 2 N–H and O–H groups in total. The first-order valence-electron chi connectivity index (χ1n) is 6.92. The van der Waals surface area contributed by atoms with Gasteiger partial charge in [0.2, 0.25) is 0 Å². The molecule has 1 aliphatic rings. The van der Waals surface area contributed by atoms with Crippen LogP contribution in [0.1, 0.15) is 33.1 Å². The van der Waals surface area contributed by atoms with Crippen molar-refractivity contribution in [1.82, 2.24) is 13.9 Å². The lowest BCUT2D eigenvalue weighted by atomic mass is 10.1. The van der Waals surface area contributed by atoms with E-state index in [2.05, 4.69) is 23.5 Å². The number of piperidine rings is 1. The molecule has 0 saturated carbocycles. The lowest BCUT2D eigenvalue weighted by Gasteiger charge is -2.35. The van der Waals surface area contributed by atoms with Crippen LogP contribution in [0.3, 0.4) is 0 Å². The Morgan fingerprint density at radius 3 is 2.40 bits per heavy atom. The fraction of sp³-hybridized carbons (Fsp3) is 0.917. The Kier molecular flexibility index (Phi) is 6.38. The molecule has 0 bridgehead atoms. The zero-order valence-corrected chi connectivity index (χ0v) is 13.2. The van der Waals surface area contributed by atoms with Crippen molar-refractivity contribution in [1.29, 1.82) is 0 Å². The van der Waals surface area contributed by atoms with Crippen LogP contribution in [0.4, 0.5) is 0 Å². The van der Waals surface area contributed by atoms with Crippen molar-refractivity contribution in [2.24, 2.45) is 0 Å². The Hall–Kier alpha value is -0.700. The predicted molar refractivity (Wildman–Crippen MR) is 76.7 cm³/mol. The van der Waals surface area contributed by atoms with E-state index >= 15 is 0 Å². The number of carboxylic acid groups (broad SMARTS) is 1. The highest BCUT2D eigenvalue weighted by molar-refractivity contribution is 7.87. The van der Waals surface area contributed by atoms with Crippen molar-refractivity contribution < 1.29 is 18.3 Å². The van der Waals surface area contributed by atoms with Crippen LogP contribution in [0.15, 0.2) is 0 Å². The Morgan fingerprint density at radius 1 is 1.40 bits per heavy atom. The molecule has 1 saturated heterocycles. The van der Waals surface area contributed by atoms with E-state index < -0.39 is 16.2 Å². The van der Waals surface area contributed by atoms with E-state index in [0.29, 0.717) is 6.04 Å². The molecule has 118 valence electrons. The maximum absolute atomic E-state index is 12.0. The van der Waals surface area contributed by atoms with Gasteiger partial charge in [0.15, 0.2) is 0 Å². The van der Waals surface area contributed by atoms with Gasteiger partial charge in [-0.1, -0.05) is 0 Å². The smallest absolute Gasteiger partial charge is 0.304 e. The van der Waals surface area contributed by atoms with Crippen molar-refractivity contribution >= 4 is 16.2 Å². The molecule has 8 heteroatoms. The van der Waals surface area contributed by atoms with Gasteiger partial charge >= 0.3 is 5.97 Å². The van der Waals surface area contributed by atoms with Crippen LogP contribution in [0.25, 0.3) is 0 Å². The van der Waals surface area contributed by atoms with Crippen LogP contribution in [0.2, 0.25) is 0 Å². The van der Waals surface area contributed by atoms with E-state index in [0.717, 1.165) is 30.2 Å². The minimum atomic E-state index is -3.59. The van der Waals surface area contributed by atoms with E-state index in [-0.39, 0.29) is 19.0 Å². The van der Waals surface area contributed by atoms with Crippen LogP contribution < -0.4 is 4.72 Å². The minimum Gasteiger partial charge on any atom is -0.481 e. The molecule has 0 aromatic carbocycles. The zero-order valence-electron chi connectivity index (χ0n) is 12.4. The normalized spacial score (nSPS) is 18.9. The molecule has 1 aliphatic heterocycles. The van der Waals surface area contributed by atoms with Gasteiger partial charge in [0.25, 0.3) is 10.2 Å². The maximum Gasteiger partial charge on any atom is 0.304 e. The first-order valence-corrected chi connectivity index (χ1v) is 8.36. The average Bonchev–Trinajstić information content (AvgIpc) is 2.35. The van der Waals surface area contributed by atoms with Gasteiger partial charge in [-0.2, -0.15) is 17.4 Å². The molecule has 0 aromatic rings. The van der Waals surface area contributed by atoms with Gasteiger partial charge < -0.3 is 10.0 Å². The third kappa shape index (κ3) is 5.35. The molecule has 0 aromatic heterocycles. The lowest BCUT2D eigenvalue weighted by molar-refractivity contribution is -0.137. The molecule has 0 aliphatic carbocycles. The number of rotatable bonds is 7. The standard InChI is InChI=1S/C12H25N3O4S/c1-10(2)15-8-4-11(5-9-15)13-20(18,19)14(3)7-6-12(16)17/h10-11,13H,4-9H2,1-3H3,(H,16,17). The molecule has 0 unspecified atom stereocenters. The zero-order chi connectivity index (χ0) is 15.3. The predicted octanol–water partition coefficient (Wildman–Crippen LogP) is 0.100. The first-order chi connectivity index (χ1) is 9.22. The van der Waals surface area contributed by atoms with E-state index in [1.807, 2.05) is 0 Å². The fourth-order valence-electron chi connectivity index (χ4n) is 2.21. The van der Waals surface area contributed by atoms with Crippen molar-refractivity contribution in [3.05, 3.63) is 0 Å². The van der Waals surface area contributed by atoms with Crippen LogP contribution in [0, 0.1) is 0 Å². The summed E-state index contributed by atoms with van der Waals surface area (Å²) < 4.78 is 27.8. The summed E-state index contributed by atoms with van der Waals surface area (Å²) in [5, 5.41) is 8.58. The van der Waals surface area contributed by atoms with E-state index in [4.69, 9.17) is 5.11 Å². The summed E-state index contributed by atoms with van der Waals surface area (Å²) in [4.78, 5) is 12.8. The second kappa shape index (κ2) is 7.35. The number of carbonyl (C=O) groups is 1. The maximum atomic E-state index is 12.0. The van der Waals surface area contributed by atoms with Gasteiger partial charge in [0.1, 0.15) is 0 Å². The van der Waals surface area contributed by atoms with Crippen molar-refractivity contribution in [2.75, 3.05) is 26.7 Å². The Balaban J connectivity index is 2.45. The molecule has 20 heavy (non-hydrogen) atoms. The summed E-state index contributed by atoms with van der Waals surface area (Å²) in [5.41, 5.74) is 0. The van der Waals surface area contributed by atoms with Gasteiger partial charge in [-0.3, -0.25) is 4.79 Å². The van der Waals surface area contributed by atoms with E-state index in [9.17, 15) is 13.2 Å². The summed E-state index contributed by atoms with van der Waals surface area (Å²) in [6, 6.07) is 0.410. The molecular weight excluding hydrogens is 282 g/mol. The number of likely N-dealkylation sites (tertiary alicyclic amines) is 1. The van der Waals surface area contributed by atoms with Crippen molar-refractivity contribution in [3.8, 4) is 0 Å². The SMILES string of the molecule is CC(C)N1CCC(NS(=O)(=O)N(C)CCC(=O)O)CC1. The van der Waals surface area contributed by atoms with Crippen LogP contribution in [-0.2, 0) is 15.0 Å².